The van der Waals surface area contributed by atoms with Crippen LogP contribution < -0.4 is 0 Å². The van der Waals surface area contributed by atoms with Gasteiger partial charge in [0.15, 0.2) is 15.6 Å². The van der Waals surface area contributed by atoms with Crippen molar-refractivity contribution in [2.24, 2.45) is 0 Å². The van der Waals surface area contributed by atoms with Gasteiger partial charge in [-0.2, -0.15) is 0 Å². The lowest BCUT2D eigenvalue weighted by atomic mass is 10.1. The Morgan fingerprint density at radius 1 is 1.00 bits per heavy atom. The Kier molecular flexibility index (Phi) is 5.74. The molecule has 0 spiro atoms. The predicted octanol–water partition coefficient (Wildman–Crippen LogP) is 3.86. The van der Waals surface area contributed by atoms with Gasteiger partial charge in [-0.15, -0.1) is 0 Å². The van der Waals surface area contributed by atoms with E-state index >= 15 is 0 Å². The first-order valence-electron chi connectivity index (χ1n) is 9.78. The number of sulfone groups is 1. The van der Waals surface area contributed by atoms with Crippen molar-refractivity contribution in [1.82, 2.24) is 4.90 Å². The number of morpholine rings is 1. The highest BCUT2D eigenvalue weighted by atomic mass is 32.2. The molecular formula is C23H23NO5S. The van der Waals surface area contributed by atoms with Gasteiger partial charge in [0.1, 0.15) is 6.10 Å². The van der Waals surface area contributed by atoms with E-state index in [0.717, 1.165) is 5.56 Å². The molecule has 2 atom stereocenters. The van der Waals surface area contributed by atoms with Crippen molar-refractivity contribution in [1.29, 1.82) is 0 Å². The van der Waals surface area contributed by atoms with Crippen LogP contribution in [0.3, 0.4) is 0 Å². The van der Waals surface area contributed by atoms with E-state index in [1.54, 1.807) is 41.3 Å². The summed E-state index contributed by atoms with van der Waals surface area (Å²) in [7, 11) is -3.59. The molecule has 0 saturated carbocycles. The van der Waals surface area contributed by atoms with Crippen molar-refractivity contribution in [3.8, 4) is 0 Å². The smallest absolute Gasteiger partial charge is 0.290 e. The molecule has 1 amide bonds. The summed E-state index contributed by atoms with van der Waals surface area (Å²) in [6.45, 7) is 2.70. The number of carbonyl (C=O) groups excluding carboxylic acids is 1. The minimum absolute atomic E-state index is 0.0652. The summed E-state index contributed by atoms with van der Waals surface area (Å²) in [5.41, 5.74) is 1.35. The van der Waals surface area contributed by atoms with Crippen LogP contribution in [-0.2, 0) is 20.3 Å². The lowest BCUT2D eigenvalue weighted by Gasteiger charge is -2.36. The van der Waals surface area contributed by atoms with Crippen molar-refractivity contribution in [2.45, 2.75) is 29.8 Å². The van der Waals surface area contributed by atoms with E-state index in [0.29, 0.717) is 18.7 Å². The maximum absolute atomic E-state index is 13.2. The Balaban J connectivity index is 1.55. The van der Waals surface area contributed by atoms with E-state index in [1.165, 1.54) is 6.26 Å². The van der Waals surface area contributed by atoms with Crippen LogP contribution in [0.2, 0.25) is 0 Å². The average Bonchev–Trinajstić information content (AvgIpc) is 3.21. The molecule has 1 fully saturated rings. The molecule has 6 nitrogen and oxygen atoms in total. The van der Waals surface area contributed by atoms with E-state index in [9.17, 15) is 13.2 Å². The number of benzene rings is 2. The molecule has 1 aromatic heterocycles. The monoisotopic (exact) mass is 425 g/mol. The lowest BCUT2D eigenvalue weighted by molar-refractivity contribution is -0.0697. The van der Waals surface area contributed by atoms with E-state index in [2.05, 4.69) is 0 Å². The van der Waals surface area contributed by atoms with Crippen LogP contribution in [0.5, 0.6) is 0 Å². The van der Waals surface area contributed by atoms with Crippen molar-refractivity contribution in [2.75, 3.05) is 13.1 Å². The number of amides is 1. The third kappa shape index (κ3) is 4.32. The molecule has 0 N–H and O–H groups in total. The van der Waals surface area contributed by atoms with Crippen LogP contribution in [0.25, 0.3) is 0 Å². The summed E-state index contributed by atoms with van der Waals surface area (Å²) in [5.74, 6) is -0.555. The van der Waals surface area contributed by atoms with Crippen LogP contribution in [-0.4, -0.2) is 38.4 Å². The number of hydrogen-bond acceptors (Lipinski definition) is 5. The van der Waals surface area contributed by atoms with E-state index in [-0.39, 0.29) is 34.5 Å². The van der Waals surface area contributed by atoms with Gasteiger partial charge < -0.3 is 14.1 Å². The fourth-order valence-electron chi connectivity index (χ4n) is 3.67. The van der Waals surface area contributed by atoms with Gasteiger partial charge in [0.25, 0.3) is 5.91 Å². The Morgan fingerprint density at radius 2 is 1.67 bits per heavy atom. The lowest BCUT2D eigenvalue weighted by Crippen LogP contribution is -2.46. The zero-order valence-electron chi connectivity index (χ0n) is 16.6. The third-order valence-corrected chi connectivity index (χ3v) is 6.79. The van der Waals surface area contributed by atoms with Crippen LogP contribution in [0.4, 0.5) is 0 Å². The number of rotatable bonds is 5. The number of ether oxygens (including phenoxy) is 1. The molecule has 0 radical (unpaired) electrons. The quantitative estimate of drug-likeness (QED) is 0.620. The molecule has 1 aliphatic heterocycles. The molecule has 1 saturated heterocycles. The van der Waals surface area contributed by atoms with Crippen LogP contribution in [0, 0.1) is 0 Å². The summed E-state index contributed by atoms with van der Waals surface area (Å²) in [4.78, 5) is 15.1. The van der Waals surface area contributed by atoms with Crippen molar-refractivity contribution in [3.63, 3.8) is 0 Å². The first-order valence-corrected chi connectivity index (χ1v) is 11.4. The molecular weight excluding hydrogens is 402 g/mol. The van der Waals surface area contributed by atoms with Gasteiger partial charge in [-0.3, -0.25) is 4.79 Å². The molecule has 2 unspecified atom stereocenters. The average molecular weight is 426 g/mol. The minimum Gasteiger partial charge on any atom is -0.459 e. The Labute approximate surface area is 176 Å². The Morgan fingerprint density at radius 3 is 2.37 bits per heavy atom. The highest BCUT2D eigenvalue weighted by Crippen LogP contribution is 2.28. The van der Waals surface area contributed by atoms with Crippen molar-refractivity contribution < 1.29 is 22.4 Å². The second kappa shape index (κ2) is 8.45. The highest BCUT2D eigenvalue weighted by molar-refractivity contribution is 7.90. The van der Waals surface area contributed by atoms with Crippen LogP contribution in [0.15, 0.2) is 82.3 Å². The zero-order chi connectivity index (χ0) is 21.1. The molecule has 30 heavy (non-hydrogen) atoms. The molecule has 2 heterocycles. The predicted molar refractivity (Wildman–Crippen MR) is 112 cm³/mol. The molecule has 0 aliphatic carbocycles. The summed E-state index contributed by atoms with van der Waals surface area (Å²) >= 11 is 0. The first kappa shape index (κ1) is 20.4. The topological polar surface area (TPSA) is 76.8 Å². The molecule has 7 heteroatoms. The molecule has 3 aromatic rings. The number of nitrogens with zero attached hydrogens (tertiary/aromatic N) is 1. The van der Waals surface area contributed by atoms with Crippen molar-refractivity contribution >= 4 is 15.7 Å². The SMILES string of the molecule is CC1CN(C(=O)c2occc2CS(=O)(=O)c2ccccc2)CC(c2ccccc2)O1. The molecule has 4 rings (SSSR count). The van der Waals surface area contributed by atoms with Gasteiger partial charge in [0.2, 0.25) is 0 Å². The minimum atomic E-state index is -3.59. The van der Waals surface area contributed by atoms with Gasteiger partial charge in [-0.05, 0) is 30.7 Å². The van der Waals surface area contributed by atoms with Gasteiger partial charge in [-0.25, -0.2) is 8.42 Å². The highest BCUT2D eigenvalue weighted by Gasteiger charge is 2.33. The summed E-state index contributed by atoms with van der Waals surface area (Å²) < 4.78 is 37.0. The van der Waals surface area contributed by atoms with Gasteiger partial charge in [0.05, 0.1) is 29.6 Å². The summed E-state index contributed by atoms with van der Waals surface area (Å²) in [6, 6.07) is 19.5. The summed E-state index contributed by atoms with van der Waals surface area (Å²) in [6.07, 6.45) is 0.964. The normalized spacial score (nSPS) is 19.6. The van der Waals surface area contributed by atoms with E-state index < -0.39 is 9.84 Å². The number of hydrogen-bond donors (Lipinski definition) is 0. The fraction of sp³-hybridized carbons (Fsp3) is 0.261. The third-order valence-electron chi connectivity index (χ3n) is 5.11. The second-order valence-electron chi connectivity index (χ2n) is 7.40. The standard InChI is InChI=1S/C23H23NO5S/c1-17-14-24(15-21(29-17)18-8-4-2-5-9-18)23(25)22-19(12-13-28-22)16-30(26,27)20-10-6-3-7-11-20/h2-13,17,21H,14-16H2,1H3. The van der Waals surface area contributed by atoms with Gasteiger partial charge >= 0.3 is 0 Å². The van der Waals surface area contributed by atoms with Crippen molar-refractivity contribution in [3.05, 3.63) is 89.9 Å². The second-order valence-corrected chi connectivity index (χ2v) is 9.39. The van der Waals surface area contributed by atoms with Gasteiger partial charge in [0, 0.05) is 12.1 Å². The molecule has 1 aliphatic rings. The van der Waals surface area contributed by atoms with Crippen LogP contribution in [0.1, 0.15) is 34.7 Å². The van der Waals surface area contributed by atoms with Crippen LogP contribution >= 0.6 is 0 Å². The maximum Gasteiger partial charge on any atom is 0.290 e. The van der Waals surface area contributed by atoms with E-state index in [4.69, 9.17) is 9.15 Å². The Hall–Kier alpha value is -2.90. The largest absolute Gasteiger partial charge is 0.459 e. The molecule has 2 aromatic carbocycles. The maximum atomic E-state index is 13.2. The Bertz CT molecular complexity index is 1110. The molecule has 0 bridgehead atoms. The molecule has 156 valence electrons. The zero-order valence-corrected chi connectivity index (χ0v) is 17.4. The first-order chi connectivity index (χ1) is 14.4. The van der Waals surface area contributed by atoms with E-state index in [1.807, 2.05) is 37.3 Å². The number of carbonyl (C=O) groups is 1. The number of furan rings is 1. The summed E-state index contributed by atoms with van der Waals surface area (Å²) in [5, 5.41) is 0. The van der Waals surface area contributed by atoms with Gasteiger partial charge in [-0.1, -0.05) is 48.5 Å². The fourth-order valence-corrected chi connectivity index (χ4v) is 5.04.